The molecular formula is C25H28N4O5. The summed E-state index contributed by atoms with van der Waals surface area (Å²) in [6.45, 7) is 5.66. The molecule has 0 N–H and O–H groups in total. The Morgan fingerprint density at radius 1 is 1.06 bits per heavy atom. The van der Waals surface area contributed by atoms with Crippen molar-refractivity contribution in [3.05, 3.63) is 60.0 Å². The maximum Gasteiger partial charge on any atom is 0.311 e. The van der Waals surface area contributed by atoms with E-state index in [0.717, 1.165) is 43.2 Å². The van der Waals surface area contributed by atoms with Crippen molar-refractivity contribution in [1.29, 1.82) is 0 Å². The van der Waals surface area contributed by atoms with E-state index in [1.807, 2.05) is 19.1 Å². The van der Waals surface area contributed by atoms with Gasteiger partial charge in [-0.1, -0.05) is 12.1 Å². The van der Waals surface area contributed by atoms with Crippen LogP contribution in [0.2, 0.25) is 0 Å². The number of aromatic nitrogens is 2. The Morgan fingerprint density at radius 2 is 1.79 bits per heavy atom. The van der Waals surface area contributed by atoms with Gasteiger partial charge in [0.25, 0.3) is 0 Å². The van der Waals surface area contributed by atoms with Gasteiger partial charge in [-0.15, -0.1) is 10.2 Å². The van der Waals surface area contributed by atoms with Crippen LogP contribution in [0.15, 0.2) is 52.9 Å². The van der Waals surface area contributed by atoms with Crippen molar-refractivity contribution in [2.75, 3.05) is 33.4 Å². The van der Waals surface area contributed by atoms with Crippen molar-refractivity contribution in [3.8, 4) is 23.0 Å². The summed E-state index contributed by atoms with van der Waals surface area (Å²) in [6.07, 6.45) is 1.28. The maximum absolute atomic E-state index is 12.7. The van der Waals surface area contributed by atoms with Crippen molar-refractivity contribution in [3.63, 3.8) is 0 Å². The first-order valence-electron chi connectivity index (χ1n) is 11.5. The van der Waals surface area contributed by atoms with Crippen molar-refractivity contribution in [1.82, 2.24) is 20.0 Å². The normalized spacial score (nSPS) is 18.3. The van der Waals surface area contributed by atoms with Gasteiger partial charge in [0.1, 0.15) is 23.8 Å². The van der Waals surface area contributed by atoms with E-state index in [0.29, 0.717) is 19.0 Å². The van der Waals surface area contributed by atoms with Crippen LogP contribution >= 0.6 is 0 Å². The number of hydrogen-bond donors (Lipinski definition) is 0. The molecule has 3 aromatic rings. The predicted octanol–water partition coefficient (Wildman–Crippen LogP) is 3.22. The quantitative estimate of drug-likeness (QED) is 0.477. The van der Waals surface area contributed by atoms with Gasteiger partial charge >= 0.3 is 11.8 Å². The highest BCUT2D eigenvalue weighted by atomic mass is 16.5. The molecule has 2 saturated heterocycles. The highest BCUT2D eigenvalue weighted by Crippen LogP contribution is 2.25. The summed E-state index contributed by atoms with van der Waals surface area (Å²) in [5, 5.41) is 7.91. The molecule has 2 aromatic carbocycles. The number of benzene rings is 2. The second-order valence-corrected chi connectivity index (χ2v) is 8.40. The lowest BCUT2D eigenvalue weighted by Crippen LogP contribution is -2.56. The lowest BCUT2D eigenvalue weighted by molar-refractivity contribution is -0.122. The third-order valence-electron chi connectivity index (χ3n) is 6.12. The topological polar surface area (TPSA) is 90.2 Å². The van der Waals surface area contributed by atoms with Crippen LogP contribution in [0.1, 0.15) is 29.6 Å². The number of carbonyl (C=O) groups excluding carboxylic acids is 1. The van der Waals surface area contributed by atoms with Gasteiger partial charge in [-0.05, 0) is 55.3 Å². The zero-order valence-corrected chi connectivity index (χ0v) is 19.3. The molecule has 9 nitrogen and oxygen atoms in total. The average molecular weight is 465 g/mol. The number of ether oxygens (including phenoxy) is 3. The van der Waals surface area contributed by atoms with Gasteiger partial charge in [-0.3, -0.25) is 9.69 Å². The molecule has 1 amide bonds. The first-order valence-corrected chi connectivity index (χ1v) is 11.5. The summed E-state index contributed by atoms with van der Waals surface area (Å²) in [5.41, 5.74) is 1.95. The molecule has 0 saturated carbocycles. The second-order valence-electron chi connectivity index (χ2n) is 8.40. The van der Waals surface area contributed by atoms with E-state index in [4.69, 9.17) is 18.6 Å². The smallest absolute Gasteiger partial charge is 0.311 e. The van der Waals surface area contributed by atoms with Crippen LogP contribution < -0.4 is 9.47 Å². The summed E-state index contributed by atoms with van der Waals surface area (Å²) in [4.78, 5) is 16.6. The molecule has 0 aliphatic carbocycles. The molecule has 178 valence electrons. The zero-order chi connectivity index (χ0) is 23.5. The molecule has 0 spiro atoms. The largest absolute Gasteiger partial charge is 0.497 e. The molecule has 34 heavy (non-hydrogen) atoms. The van der Waals surface area contributed by atoms with Gasteiger partial charge in [0.15, 0.2) is 0 Å². The van der Waals surface area contributed by atoms with Crippen LogP contribution in [0.25, 0.3) is 11.5 Å². The minimum Gasteiger partial charge on any atom is -0.497 e. The molecule has 5 rings (SSSR count). The van der Waals surface area contributed by atoms with Gasteiger partial charge in [-0.25, -0.2) is 0 Å². The summed E-state index contributed by atoms with van der Waals surface area (Å²) in [6, 6.07) is 15.3. The zero-order valence-electron chi connectivity index (χ0n) is 19.3. The van der Waals surface area contributed by atoms with E-state index < -0.39 is 0 Å². The van der Waals surface area contributed by atoms with Crippen molar-refractivity contribution in [2.45, 2.75) is 32.2 Å². The predicted molar refractivity (Wildman–Crippen MR) is 123 cm³/mol. The van der Waals surface area contributed by atoms with E-state index in [-0.39, 0.29) is 24.1 Å². The molecule has 1 unspecified atom stereocenters. The van der Waals surface area contributed by atoms with Gasteiger partial charge in [-0.2, -0.15) is 0 Å². The average Bonchev–Trinajstić information content (AvgIpc) is 3.33. The number of nitrogens with zero attached hydrogens (tertiary/aromatic N) is 4. The molecule has 2 aliphatic rings. The monoisotopic (exact) mass is 464 g/mol. The molecular weight excluding hydrogens is 436 g/mol. The Hall–Kier alpha value is -3.43. The molecule has 2 aliphatic heterocycles. The number of hydrogen-bond acceptors (Lipinski definition) is 8. The van der Waals surface area contributed by atoms with Crippen molar-refractivity contribution in [2.24, 2.45) is 0 Å². The van der Waals surface area contributed by atoms with E-state index in [9.17, 15) is 4.79 Å². The minimum absolute atomic E-state index is 0.0232. The summed E-state index contributed by atoms with van der Waals surface area (Å²) >= 11 is 0. The molecule has 2 fully saturated rings. The van der Waals surface area contributed by atoms with Crippen LogP contribution in [0, 0.1) is 0 Å². The highest BCUT2D eigenvalue weighted by Gasteiger charge is 2.35. The number of carbonyl (C=O) groups is 1. The number of rotatable bonds is 9. The van der Waals surface area contributed by atoms with Crippen molar-refractivity contribution >= 4 is 5.91 Å². The number of likely N-dealkylation sites (tertiary alicyclic amines) is 2. The first-order chi connectivity index (χ1) is 16.6. The van der Waals surface area contributed by atoms with Gasteiger partial charge in [0, 0.05) is 25.3 Å². The lowest BCUT2D eigenvalue weighted by atomic mass is 10.1. The molecule has 9 heteroatoms. The number of amides is 1. The Bertz CT molecular complexity index is 1110. The van der Waals surface area contributed by atoms with E-state index in [1.165, 1.54) is 5.56 Å². The minimum atomic E-state index is -0.291. The van der Waals surface area contributed by atoms with Gasteiger partial charge < -0.3 is 23.5 Å². The lowest BCUT2D eigenvalue weighted by Gasteiger charge is -2.40. The van der Waals surface area contributed by atoms with Gasteiger partial charge in [0.05, 0.1) is 20.2 Å². The second kappa shape index (κ2) is 9.82. The highest BCUT2D eigenvalue weighted by molar-refractivity contribution is 5.90. The van der Waals surface area contributed by atoms with Crippen LogP contribution in [0.4, 0.5) is 0 Å². The molecule has 0 bridgehead atoms. The SMILES string of the molecule is CCOC1CCN1Cc1ccc(OC2CN(C(=O)c3nnc(-c4ccc(OC)cc4)o3)C2)cc1. The van der Waals surface area contributed by atoms with Crippen molar-refractivity contribution < 1.29 is 23.4 Å². The first kappa shape index (κ1) is 22.4. The maximum atomic E-state index is 12.7. The third-order valence-corrected chi connectivity index (χ3v) is 6.12. The molecule has 3 heterocycles. The van der Waals surface area contributed by atoms with E-state index in [2.05, 4.69) is 27.2 Å². The van der Waals surface area contributed by atoms with E-state index in [1.54, 1.807) is 36.3 Å². The van der Waals surface area contributed by atoms with Crippen LogP contribution in [-0.4, -0.2) is 71.6 Å². The fourth-order valence-corrected chi connectivity index (χ4v) is 4.05. The fourth-order valence-electron chi connectivity index (χ4n) is 4.05. The Kier molecular flexibility index (Phi) is 6.46. The van der Waals surface area contributed by atoms with Crippen LogP contribution in [0.3, 0.4) is 0 Å². The summed E-state index contributed by atoms with van der Waals surface area (Å²) in [7, 11) is 1.60. The standard InChI is InChI=1S/C25H28N4O5/c1-3-32-22-12-13-28(22)14-17-4-8-20(9-5-17)33-21-15-29(16-21)25(30)24-27-26-23(34-24)18-6-10-19(31-2)11-7-18/h4-11,21-22H,3,12-16H2,1-2H3. The third kappa shape index (κ3) is 4.76. The van der Waals surface area contributed by atoms with Crippen LogP contribution in [0.5, 0.6) is 11.5 Å². The Labute approximate surface area is 198 Å². The number of methoxy groups -OCH3 is 1. The molecule has 1 atom stereocenters. The van der Waals surface area contributed by atoms with E-state index >= 15 is 0 Å². The van der Waals surface area contributed by atoms with Gasteiger partial charge in [0.2, 0.25) is 5.89 Å². The summed E-state index contributed by atoms with van der Waals surface area (Å²) in [5.74, 6) is 1.51. The van der Waals surface area contributed by atoms with Crippen LogP contribution in [-0.2, 0) is 11.3 Å². The molecule has 1 aromatic heterocycles. The Balaban J connectivity index is 1.10. The fraction of sp³-hybridized carbons (Fsp3) is 0.400. The summed E-state index contributed by atoms with van der Waals surface area (Å²) < 4.78 is 22.5. The Morgan fingerprint density at radius 3 is 2.44 bits per heavy atom. The molecule has 0 radical (unpaired) electrons.